The molecule has 5 nitrogen and oxygen atoms in total. The summed E-state index contributed by atoms with van der Waals surface area (Å²) in [5.74, 6) is 1.20. The molecule has 0 fully saturated rings. The van der Waals surface area contributed by atoms with Crippen molar-refractivity contribution in [3.63, 3.8) is 0 Å². The second kappa shape index (κ2) is 6.03. The predicted molar refractivity (Wildman–Crippen MR) is 79.3 cm³/mol. The van der Waals surface area contributed by atoms with Gasteiger partial charge in [-0.15, -0.1) is 0 Å². The highest BCUT2D eigenvalue weighted by Crippen LogP contribution is 2.29. The molecule has 0 aliphatic heterocycles. The molecule has 0 radical (unpaired) electrons. The van der Waals surface area contributed by atoms with E-state index in [1.807, 2.05) is 13.0 Å². The van der Waals surface area contributed by atoms with Crippen LogP contribution in [-0.2, 0) is 12.3 Å². The average Bonchev–Trinajstić information content (AvgIpc) is 3.03. The number of halogens is 2. The minimum absolute atomic E-state index is 0.207. The molecule has 0 N–H and O–H groups in total. The number of thioether (sulfide) groups is 1. The number of hydrogen-bond donors (Lipinski definition) is 0. The zero-order valence-corrected chi connectivity index (χ0v) is 12.8. The monoisotopic (exact) mass is 326 g/mol. The van der Waals surface area contributed by atoms with Crippen molar-refractivity contribution < 1.29 is 8.81 Å². The Kier molecular flexibility index (Phi) is 4.12. The molecule has 0 atom stereocenters. The summed E-state index contributed by atoms with van der Waals surface area (Å²) >= 11 is 7.39. The van der Waals surface area contributed by atoms with Gasteiger partial charge in [-0.25, -0.2) is 19.0 Å². The molecule has 2 aromatic heterocycles. The molecule has 110 valence electrons. The third-order valence-electron chi connectivity index (χ3n) is 2.94. The van der Waals surface area contributed by atoms with Crippen LogP contribution in [0.3, 0.4) is 0 Å². The second-order valence-electron chi connectivity index (χ2n) is 4.43. The molecule has 21 heavy (non-hydrogen) atoms. The first-order chi connectivity index (χ1) is 10.2. The van der Waals surface area contributed by atoms with Crippen LogP contribution in [0.25, 0.3) is 11.1 Å². The van der Waals surface area contributed by atoms with Gasteiger partial charge in [-0.1, -0.05) is 23.4 Å². The zero-order valence-electron chi connectivity index (χ0n) is 11.2. The molecule has 0 aliphatic carbocycles. The molecule has 0 spiro atoms. The third-order valence-corrected chi connectivity index (χ3v) is 3.98. The summed E-state index contributed by atoms with van der Waals surface area (Å²) in [5, 5.41) is 5.13. The smallest absolute Gasteiger partial charge is 0.257 e. The Bertz CT molecular complexity index is 773. The number of alkyl halides is 1. The summed E-state index contributed by atoms with van der Waals surface area (Å²) in [6.07, 6.45) is 1.42. The number of nitrogens with zero attached hydrogens (tertiary/aromatic N) is 4. The molecule has 1 aromatic carbocycles. The predicted octanol–water partition coefficient (Wildman–Crippen LogP) is 3.64. The van der Waals surface area contributed by atoms with Crippen molar-refractivity contribution in [3.05, 3.63) is 34.9 Å². The molecule has 3 rings (SSSR count). The van der Waals surface area contributed by atoms with Crippen LogP contribution < -0.4 is 0 Å². The molecule has 0 saturated heterocycles. The first-order valence-corrected chi connectivity index (χ1v) is 7.66. The van der Waals surface area contributed by atoms with Gasteiger partial charge < -0.3 is 4.42 Å². The summed E-state index contributed by atoms with van der Waals surface area (Å²) < 4.78 is 19.6. The molecule has 0 unspecified atom stereocenters. The first kappa shape index (κ1) is 14.3. The van der Waals surface area contributed by atoms with Crippen molar-refractivity contribution in [2.75, 3.05) is 6.67 Å². The molecular formula is C13H12ClFN4OS. The van der Waals surface area contributed by atoms with Crippen LogP contribution in [0, 0.1) is 6.92 Å². The largest absolute Gasteiger partial charge is 0.431 e. The van der Waals surface area contributed by atoms with Gasteiger partial charge in [0, 0.05) is 5.02 Å². The van der Waals surface area contributed by atoms with E-state index in [2.05, 4.69) is 15.1 Å². The van der Waals surface area contributed by atoms with Gasteiger partial charge in [0.2, 0.25) is 0 Å². The number of benzene rings is 1. The third kappa shape index (κ3) is 3.03. The van der Waals surface area contributed by atoms with Crippen molar-refractivity contribution in [1.29, 1.82) is 0 Å². The lowest BCUT2D eigenvalue weighted by molar-refractivity contribution is 0.421. The van der Waals surface area contributed by atoms with Crippen LogP contribution >= 0.6 is 23.4 Å². The van der Waals surface area contributed by atoms with E-state index < -0.39 is 6.67 Å². The summed E-state index contributed by atoms with van der Waals surface area (Å²) in [6, 6.07) is 3.60. The molecule has 0 saturated carbocycles. The SMILES string of the molecule is Cc1cc(Cl)cc2nc(SCc3ncnn3CCF)oc12. The highest BCUT2D eigenvalue weighted by atomic mass is 35.5. The number of oxazole rings is 1. The van der Waals surface area contributed by atoms with Crippen LogP contribution in [0.2, 0.25) is 5.02 Å². The Morgan fingerprint density at radius 2 is 2.29 bits per heavy atom. The minimum atomic E-state index is -0.471. The van der Waals surface area contributed by atoms with E-state index in [0.29, 0.717) is 21.8 Å². The Balaban J connectivity index is 1.79. The maximum Gasteiger partial charge on any atom is 0.257 e. The van der Waals surface area contributed by atoms with Crippen molar-refractivity contribution >= 4 is 34.5 Å². The highest BCUT2D eigenvalue weighted by molar-refractivity contribution is 7.98. The van der Waals surface area contributed by atoms with Gasteiger partial charge in [-0.05, 0) is 24.6 Å². The molecular weight excluding hydrogens is 315 g/mol. The van der Waals surface area contributed by atoms with Gasteiger partial charge in [0.1, 0.15) is 24.3 Å². The van der Waals surface area contributed by atoms with E-state index in [-0.39, 0.29) is 6.54 Å². The fraction of sp³-hybridized carbons (Fsp3) is 0.308. The normalized spacial score (nSPS) is 11.4. The van der Waals surface area contributed by atoms with Gasteiger partial charge in [0.15, 0.2) is 5.58 Å². The van der Waals surface area contributed by atoms with Crippen molar-refractivity contribution in [1.82, 2.24) is 19.7 Å². The Labute approximate surface area is 129 Å². The Morgan fingerprint density at radius 1 is 1.43 bits per heavy atom. The maximum atomic E-state index is 12.4. The standard InChI is InChI=1S/C13H12ClFN4OS/c1-8-4-9(14)5-10-12(8)20-13(18-10)21-6-11-16-7-17-19(11)3-2-15/h4-5,7H,2-3,6H2,1H3. The van der Waals surface area contributed by atoms with Gasteiger partial charge in [-0.2, -0.15) is 5.10 Å². The zero-order chi connectivity index (χ0) is 14.8. The lowest BCUT2D eigenvalue weighted by Crippen LogP contribution is -2.06. The van der Waals surface area contributed by atoms with E-state index in [1.165, 1.54) is 22.8 Å². The number of rotatable bonds is 5. The summed E-state index contributed by atoms with van der Waals surface area (Å²) in [6.45, 7) is 1.66. The van der Waals surface area contributed by atoms with Gasteiger partial charge in [0.05, 0.1) is 12.3 Å². The topological polar surface area (TPSA) is 56.7 Å². The van der Waals surface area contributed by atoms with Crippen LogP contribution in [0.5, 0.6) is 0 Å². The van der Waals surface area contributed by atoms with E-state index in [4.69, 9.17) is 16.0 Å². The first-order valence-electron chi connectivity index (χ1n) is 6.29. The quantitative estimate of drug-likeness (QED) is 0.670. The lowest BCUT2D eigenvalue weighted by Gasteiger charge is -2.01. The second-order valence-corrected chi connectivity index (χ2v) is 5.79. The van der Waals surface area contributed by atoms with Crippen LogP contribution in [0.4, 0.5) is 4.39 Å². The maximum absolute atomic E-state index is 12.4. The van der Waals surface area contributed by atoms with Crippen molar-refractivity contribution in [3.8, 4) is 0 Å². The summed E-state index contributed by atoms with van der Waals surface area (Å²) in [5.41, 5.74) is 2.40. The average molecular weight is 327 g/mol. The van der Waals surface area contributed by atoms with Crippen molar-refractivity contribution in [2.45, 2.75) is 24.4 Å². The van der Waals surface area contributed by atoms with E-state index in [1.54, 1.807) is 6.07 Å². The molecule has 0 amide bonds. The fourth-order valence-electron chi connectivity index (χ4n) is 1.99. The van der Waals surface area contributed by atoms with Gasteiger partial charge in [0.25, 0.3) is 5.22 Å². The Hall–Kier alpha value is -1.60. The number of hydrogen-bond acceptors (Lipinski definition) is 5. The van der Waals surface area contributed by atoms with Crippen LogP contribution in [-0.4, -0.2) is 26.4 Å². The lowest BCUT2D eigenvalue weighted by atomic mass is 10.2. The van der Waals surface area contributed by atoms with E-state index >= 15 is 0 Å². The minimum Gasteiger partial charge on any atom is -0.431 e. The van der Waals surface area contributed by atoms with Gasteiger partial charge >= 0.3 is 0 Å². The van der Waals surface area contributed by atoms with Crippen molar-refractivity contribution in [2.24, 2.45) is 0 Å². The summed E-state index contributed by atoms with van der Waals surface area (Å²) in [4.78, 5) is 8.50. The molecule has 8 heteroatoms. The number of aromatic nitrogens is 4. The van der Waals surface area contributed by atoms with Gasteiger partial charge in [-0.3, -0.25) is 0 Å². The molecule has 0 aliphatic rings. The fourth-order valence-corrected chi connectivity index (χ4v) is 3.04. The van der Waals surface area contributed by atoms with E-state index in [0.717, 1.165) is 16.7 Å². The number of fused-ring (bicyclic) bond motifs is 1. The summed E-state index contributed by atoms with van der Waals surface area (Å²) in [7, 11) is 0. The highest BCUT2D eigenvalue weighted by Gasteiger charge is 2.12. The van der Waals surface area contributed by atoms with Crippen LogP contribution in [0.15, 0.2) is 28.1 Å². The molecule has 0 bridgehead atoms. The van der Waals surface area contributed by atoms with E-state index in [9.17, 15) is 4.39 Å². The Morgan fingerprint density at radius 3 is 3.10 bits per heavy atom. The molecule has 3 aromatic rings. The number of aryl methyl sites for hydroxylation is 2. The van der Waals surface area contributed by atoms with Crippen LogP contribution in [0.1, 0.15) is 11.4 Å². The molecule has 2 heterocycles.